The van der Waals surface area contributed by atoms with Crippen LogP contribution in [-0.4, -0.2) is 35.1 Å². The summed E-state index contributed by atoms with van der Waals surface area (Å²) in [5.41, 5.74) is 6.41. The molecule has 21 heavy (non-hydrogen) atoms. The number of hydrogen-bond donors (Lipinski definition) is 1. The van der Waals surface area contributed by atoms with Crippen molar-refractivity contribution in [2.24, 2.45) is 0 Å². The van der Waals surface area contributed by atoms with Gasteiger partial charge in [-0.1, -0.05) is 6.07 Å². The Morgan fingerprint density at radius 2 is 1.76 bits per heavy atom. The Labute approximate surface area is 123 Å². The zero-order chi connectivity index (χ0) is 15.4. The summed E-state index contributed by atoms with van der Waals surface area (Å²) < 4.78 is 13.3. The number of hydrogen-bond acceptors (Lipinski definition) is 6. The lowest BCUT2D eigenvalue weighted by Crippen LogP contribution is -2.26. The number of nitrogens with two attached hydrogens (primary N) is 1. The average Bonchev–Trinajstić information content (AvgIpc) is 2.47. The summed E-state index contributed by atoms with van der Waals surface area (Å²) >= 11 is 0. The van der Waals surface area contributed by atoms with Crippen LogP contribution >= 0.6 is 0 Å². The SMILES string of the molecule is CCN(CC)c1nc(N)nc(N(C)c2cccc(F)c2)n1. The maximum atomic E-state index is 13.3. The van der Waals surface area contributed by atoms with E-state index in [4.69, 9.17) is 5.73 Å². The fraction of sp³-hybridized carbons (Fsp3) is 0.357. The molecule has 0 unspecified atom stereocenters. The fourth-order valence-corrected chi connectivity index (χ4v) is 1.97. The van der Waals surface area contributed by atoms with Crippen LogP contribution in [0.25, 0.3) is 0 Å². The molecule has 0 saturated carbocycles. The van der Waals surface area contributed by atoms with Crippen molar-refractivity contribution in [1.29, 1.82) is 0 Å². The quantitative estimate of drug-likeness (QED) is 0.910. The second-order valence-corrected chi connectivity index (χ2v) is 4.50. The molecule has 0 aliphatic heterocycles. The van der Waals surface area contributed by atoms with E-state index in [1.807, 2.05) is 18.7 Å². The third-order valence-corrected chi connectivity index (χ3v) is 3.17. The number of nitrogens with zero attached hydrogens (tertiary/aromatic N) is 5. The van der Waals surface area contributed by atoms with Crippen molar-refractivity contribution in [2.45, 2.75) is 13.8 Å². The van der Waals surface area contributed by atoms with E-state index in [1.165, 1.54) is 12.1 Å². The number of aromatic nitrogens is 3. The summed E-state index contributed by atoms with van der Waals surface area (Å²) in [6.45, 7) is 5.56. The molecule has 0 spiro atoms. The van der Waals surface area contributed by atoms with Gasteiger partial charge < -0.3 is 15.5 Å². The molecule has 2 N–H and O–H groups in total. The van der Waals surface area contributed by atoms with Crippen molar-refractivity contribution < 1.29 is 4.39 Å². The Kier molecular flexibility index (Phi) is 4.52. The van der Waals surface area contributed by atoms with E-state index in [0.29, 0.717) is 17.6 Å². The van der Waals surface area contributed by atoms with Gasteiger partial charge in [-0.25, -0.2) is 4.39 Å². The molecule has 0 fully saturated rings. The first-order valence-corrected chi connectivity index (χ1v) is 6.81. The van der Waals surface area contributed by atoms with Gasteiger partial charge in [0.25, 0.3) is 0 Å². The number of anilines is 4. The first kappa shape index (κ1) is 15.0. The van der Waals surface area contributed by atoms with Crippen LogP contribution in [0.2, 0.25) is 0 Å². The van der Waals surface area contributed by atoms with Gasteiger partial charge >= 0.3 is 0 Å². The van der Waals surface area contributed by atoms with Crippen molar-refractivity contribution in [2.75, 3.05) is 35.7 Å². The van der Waals surface area contributed by atoms with Gasteiger partial charge in [0.15, 0.2) is 0 Å². The second-order valence-electron chi connectivity index (χ2n) is 4.50. The van der Waals surface area contributed by atoms with Crippen LogP contribution in [0.15, 0.2) is 24.3 Å². The van der Waals surface area contributed by atoms with Crippen molar-refractivity contribution in [3.8, 4) is 0 Å². The lowest BCUT2D eigenvalue weighted by molar-refractivity contribution is 0.628. The molecule has 0 atom stereocenters. The van der Waals surface area contributed by atoms with Crippen molar-refractivity contribution in [1.82, 2.24) is 15.0 Å². The highest BCUT2D eigenvalue weighted by Crippen LogP contribution is 2.22. The number of benzene rings is 1. The van der Waals surface area contributed by atoms with E-state index in [1.54, 1.807) is 24.1 Å². The monoisotopic (exact) mass is 290 g/mol. The zero-order valence-corrected chi connectivity index (χ0v) is 12.4. The predicted octanol–water partition coefficient (Wildman–Crippen LogP) is 2.21. The summed E-state index contributed by atoms with van der Waals surface area (Å²) in [6.07, 6.45) is 0. The van der Waals surface area contributed by atoms with Gasteiger partial charge in [-0.3, -0.25) is 0 Å². The molecule has 1 aromatic carbocycles. The Morgan fingerprint density at radius 1 is 1.10 bits per heavy atom. The summed E-state index contributed by atoms with van der Waals surface area (Å²) in [6, 6.07) is 6.22. The number of rotatable bonds is 5. The summed E-state index contributed by atoms with van der Waals surface area (Å²) in [5, 5.41) is 0. The Hall–Kier alpha value is -2.44. The van der Waals surface area contributed by atoms with E-state index in [2.05, 4.69) is 15.0 Å². The molecule has 0 radical (unpaired) electrons. The Morgan fingerprint density at radius 3 is 2.38 bits per heavy atom. The minimum Gasteiger partial charge on any atom is -0.368 e. The highest BCUT2D eigenvalue weighted by atomic mass is 19.1. The van der Waals surface area contributed by atoms with Gasteiger partial charge in [0.05, 0.1) is 0 Å². The molecule has 2 rings (SSSR count). The first-order chi connectivity index (χ1) is 10.0. The Bertz CT molecular complexity index is 614. The lowest BCUT2D eigenvalue weighted by Gasteiger charge is -2.22. The molecular formula is C14H19FN6. The Balaban J connectivity index is 2.39. The minimum atomic E-state index is -0.314. The third kappa shape index (κ3) is 3.36. The molecule has 1 heterocycles. The topological polar surface area (TPSA) is 71.2 Å². The van der Waals surface area contributed by atoms with Crippen molar-refractivity contribution in [3.63, 3.8) is 0 Å². The molecular weight excluding hydrogens is 271 g/mol. The van der Waals surface area contributed by atoms with Crippen molar-refractivity contribution >= 4 is 23.5 Å². The van der Waals surface area contributed by atoms with Crippen LogP contribution < -0.4 is 15.5 Å². The molecule has 1 aromatic heterocycles. The molecule has 0 aliphatic rings. The summed E-state index contributed by atoms with van der Waals surface area (Å²) in [7, 11) is 1.76. The average molecular weight is 290 g/mol. The first-order valence-electron chi connectivity index (χ1n) is 6.81. The molecule has 6 nitrogen and oxygen atoms in total. The van der Waals surface area contributed by atoms with E-state index in [9.17, 15) is 4.39 Å². The largest absolute Gasteiger partial charge is 0.368 e. The van der Waals surface area contributed by atoms with Gasteiger partial charge in [-0.15, -0.1) is 0 Å². The third-order valence-electron chi connectivity index (χ3n) is 3.17. The lowest BCUT2D eigenvalue weighted by atomic mass is 10.3. The fourth-order valence-electron chi connectivity index (χ4n) is 1.97. The van der Waals surface area contributed by atoms with Gasteiger partial charge in [-0.2, -0.15) is 15.0 Å². The van der Waals surface area contributed by atoms with Gasteiger partial charge in [0.1, 0.15) is 5.82 Å². The maximum absolute atomic E-state index is 13.3. The zero-order valence-electron chi connectivity index (χ0n) is 12.4. The smallest absolute Gasteiger partial charge is 0.236 e. The number of nitrogen functional groups attached to an aromatic ring is 1. The van der Waals surface area contributed by atoms with Crippen LogP contribution in [0.5, 0.6) is 0 Å². The molecule has 2 aromatic rings. The maximum Gasteiger partial charge on any atom is 0.236 e. The van der Waals surface area contributed by atoms with E-state index in [0.717, 1.165) is 13.1 Å². The molecule has 7 heteroatoms. The summed E-state index contributed by atoms with van der Waals surface area (Å²) in [4.78, 5) is 16.3. The highest BCUT2D eigenvalue weighted by molar-refractivity contribution is 5.58. The standard InChI is InChI=1S/C14H19FN6/c1-4-21(5-2)14-18-12(16)17-13(19-14)20(3)11-8-6-7-10(15)9-11/h6-9H,4-5H2,1-3H3,(H2,16,17,18,19). The molecule has 0 bridgehead atoms. The van der Waals surface area contributed by atoms with E-state index < -0.39 is 0 Å². The van der Waals surface area contributed by atoms with Crippen LogP contribution in [0.4, 0.5) is 27.9 Å². The van der Waals surface area contributed by atoms with E-state index >= 15 is 0 Å². The van der Waals surface area contributed by atoms with Crippen LogP contribution in [-0.2, 0) is 0 Å². The predicted molar refractivity (Wildman–Crippen MR) is 82.3 cm³/mol. The molecule has 112 valence electrons. The summed E-state index contributed by atoms with van der Waals surface area (Å²) in [5.74, 6) is 0.733. The van der Waals surface area contributed by atoms with Gasteiger partial charge in [-0.05, 0) is 32.0 Å². The van der Waals surface area contributed by atoms with Crippen LogP contribution in [0, 0.1) is 5.82 Å². The highest BCUT2D eigenvalue weighted by Gasteiger charge is 2.14. The van der Waals surface area contributed by atoms with Crippen molar-refractivity contribution in [3.05, 3.63) is 30.1 Å². The van der Waals surface area contributed by atoms with E-state index in [-0.39, 0.29) is 11.8 Å². The molecule has 0 aliphatic carbocycles. The van der Waals surface area contributed by atoms with Crippen LogP contribution in [0.3, 0.4) is 0 Å². The number of halogens is 1. The molecule has 0 amide bonds. The minimum absolute atomic E-state index is 0.144. The van der Waals surface area contributed by atoms with Gasteiger partial charge in [0.2, 0.25) is 17.8 Å². The van der Waals surface area contributed by atoms with Gasteiger partial charge in [0, 0.05) is 25.8 Å². The second kappa shape index (κ2) is 6.34. The van der Waals surface area contributed by atoms with Crippen LogP contribution in [0.1, 0.15) is 13.8 Å². The molecule has 0 saturated heterocycles. The normalized spacial score (nSPS) is 10.5.